The van der Waals surface area contributed by atoms with Crippen LogP contribution < -0.4 is 10.6 Å². The van der Waals surface area contributed by atoms with Gasteiger partial charge < -0.3 is 10.6 Å². The summed E-state index contributed by atoms with van der Waals surface area (Å²) in [7, 11) is 0. The largest absolute Gasteiger partial charge is 0.322 e. The first kappa shape index (κ1) is 12.8. The van der Waals surface area contributed by atoms with Crippen molar-refractivity contribution in [3.63, 3.8) is 0 Å². The number of amides is 2. The van der Waals surface area contributed by atoms with Gasteiger partial charge in [0, 0.05) is 17.8 Å². The summed E-state index contributed by atoms with van der Waals surface area (Å²) in [4.78, 5) is 21.6. The van der Waals surface area contributed by atoms with E-state index < -0.39 is 17.0 Å². The first-order valence-electron chi connectivity index (χ1n) is 5.82. The average Bonchev–Trinajstić information content (AvgIpc) is 3.21. The van der Waals surface area contributed by atoms with E-state index in [0.29, 0.717) is 5.69 Å². The molecule has 1 saturated carbocycles. The standard InChI is InChI=1S/C12H12N4O3/c13-7-11(8-1-2-8)15-12(17)14-9-3-5-10(6-4-9)16(18)19/h3-6,8,11H,1-2H2,(H2,14,15,17). The first-order valence-corrected chi connectivity index (χ1v) is 5.82. The van der Waals surface area contributed by atoms with E-state index in [4.69, 9.17) is 5.26 Å². The van der Waals surface area contributed by atoms with Crippen LogP contribution in [-0.4, -0.2) is 17.0 Å². The minimum Gasteiger partial charge on any atom is -0.322 e. The second-order valence-corrected chi connectivity index (χ2v) is 4.35. The van der Waals surface area contributed by atoms with E-state index >= 15 is 0 Å². The number of carbonyl (C=O) groups is 1. The van der Waals surface area contributed by atoms with Gasteiger partial charge in [-0.25, -0.2) is 4.79 Å². The van der Waals surface area contributed by atoms with Gasteiger partial charge in [-0.3, -0.25) is 10.1 Å². The molecule has 2 amide bonds. The summed E-state index contributed by atoms with van der Waals surface area (Å²) in [6.45, 7) is 0. The van der Waals surface area contributed by atoms with Gasteiger partial charge in [0.15, 0.2) is 0 Å². The van der Waals surface area contributed by atoms with Crippen LogP contribution in [-0.2, 0) is 0 Å². The van der Waals surface area contributed by atoms with Crippen molar-refractivity contribution in [2.45, 2.75) is 18.9 Å². The quantitative estimate of drug-likeness (QED) is 0.637. The molecule has 0 radical (unpaired) electrons. The summed E-state index contributed by atoms with van der Waals surface area (Å²) in [5, 5.41) is 24.5. The van der Waals surface area contributed by atoms with E-state index in [-0.39, 0.29) is 11.6 Å². The Labute approximate surface area is 109 Å². The predicted octanol–water partition coefficient (Wildman–Crippen LogP) is 2.02. The Morgan fingerprint density at radius 1 is 1.42 bits per heavy atom. The molecule has 0 aliphatic heterocycles. The van der Waals surface area contributed by atoms with Crippen molar-refractivity contribution in [1.29, 1.82) is 5.26 Å². The van der Waals surface area contributed by atoms with Crippen molar-refractivity contribution in [2.24, 2.45) is 5.92 Å². The highest BCUT2D eigenvalue weighted by Gasteiger charge is 2.32. The Balaban J connectivity index is 1.91. The van der Waals surface area contributed by atoms with Gasteiger partial charge in [-0.2, -0.15) is 5.26 Å². The van der Waals surface area contributed by atoms with Crippen LogP contribution in [0.5, 0.6) is 0 Å². The van der Waals surface area contributed by atoms with Crippen LogP contribution in [0.3, 0.4) is 0 Å². The maximum Gasteiger partial charge on any atom is 0.320 e. The fourth-order valence-corrected chi connectivity index (χ4v) is 1.66. The lowest BCUT2D eigenvalue weighted by Crippen LogP contribution is -2.38. The zero-order chi connectivity index (χ0) is 13.8. The number of nitriles is 1. The molecule has 2 rings (SSSR count). The van der Waals surface area contributed by atoms with Gasteiger partial charge in [-0.15, -0.1) is 0 Å². The van der Waals surface area contributed by atoms with Crippen molar-refractivity contribution < 1.29 is 9.72 Å². The number of non-ortho nitro benzene ring substituents is 1. The number of carbonyl (C=O) groups excluding carboxylic acids is 1. The number of anilines is 1. The molecule has 19 heavy (non-hydrogen) atoms. The normalized spacial score (nSPS) is 15.1. The van der Waals surface area contributed by atoms with Crippen molar-refractivity contribution in [2.75, 3.05) is 5.32 Å². The number of urea groups is 1. The highest BCUT2D eigenvalue weighted by Crippen LogP contribution is 2.32. The zero-order valence-electron chi connectivity index (χ0n) is 10.00. The number of hydrogen-bond donors (Lipinski definition) is 2. The molecule has 1 aromatic rings. The van der Waals surface area contributed by atoms with Crippen molar-refractivity contribution >= 4 is 17.4 Å². The fourth-order valence-electron chi connectivity index (χ4n) is 1.66. The number of nitro benzene ring substituents is 1. The number of rotatable bonds is 4. The van der Waals surface area contributed by atoms with Gasteiger partial charge in [0.2, 0.25) is 0 Å². The average molecular weight is 260 g/mol. The van der Waals surface area contributed by atoms with Crippen LogP contribution in [0.1, 0.15) is 12.8 Å². The number of benzene rings is 1. The second kappa shape index (κ2) is 5.35. The summed E-state index contributed by atoms with van der Waals surface area (Å²) in [5.74, 6) is 0.243. The Morgan fingerprint density at radius 2 is 2.05 bits per heavy atom. The molecule has 0 aromatic heterocycles. The van der Waals surface area contributed by atoms with Crippen LogP contribution in [0.2, 0.25) is 0 Å². The fraction of sp³-hybridized carbons (Fsp3) is 0.333. The smallest absolute Gasteiger partial charge is 0.320 e. The number of hydrogen-bond acceptors (Lipinski definition) is 4. The van der Waals surface area contributed by atoms with E-state index in [2.05, 4.69) is 10.6 Å². The highest BCUT2D eigenvalue weighted by atomic mass is 16.6. The third-order valence-corrected chi connectivity index (χ3v) is 2.86. The van der Waals surface area contributed by atoms with Gasteiger partial charge in [0.05, 0.1) is 11.0 Å². The molecule has 7 nitrogen and oxygen atoms in total. The molecule has 7 heteroatoms. The molecule has 98 valence electrons. The molecule has 1 atom stereocenters. The number of nitro groups is 1. The van der Waals surface area contributed by atoms with Crippen molar-refractivity contribution in [1.82, 2.24) is 5.32 Å². The van der Waals surface area contributed by atoms with E-state index in [1.54, 1.807) is 0 Å². The summed E-state index contributed by atoms with van der Waals surface area (Å²) in [6.07, 6.45) is 1.91. The zero-order valence-corrected chi connectivity index (χ0v) is 10.00. The molecule has 2 N–H and O–H groups in total. The second-order valence-electron chi connectivity index (χ2n) is 4.35. The van der Waals surface area contributed by atoms with Gasteiger partial charge in [-0.1, -0.05) is 0 Å². The molecule has 1 aliphatic rings. The molecule has 0 spiro atoms. The minimum atomic E-state index is -0.511. The Hall–Kier alpha value is -2.62. The van der Waals surface area contributed by atoms with E-state index in [9.17, 15) is 14.9 Å². The maximum atomic E-state index is 11.6. The lowest BCUT2D eigenvalue weighted by Gasteiger charge is -2.11. The molecular formula is C12H12N4O3. The third kappa shape index (κ3) is 3.42. The molecule has 1 aliphatic carbocycles. The van der Waals surface area contributed by atoms with Crippen LogP contribution >= 0.6 is 0 Å². The van der Waals surface area contributed by atoms with Crippen LogP contribution in [0.25, 0.3) is 0 Å². The lowest BCUT2D eigenvalue weighted by molar-refractivity contribution is -0.384. The Bertz CT molecular complexity index is 531. The molecular weight excluding hydrogens is 248 g/mol. The SMILES string of the molecule is N#CC(NC(=O)Nc1ccc([N+](=O)[O-])cc1)C1CC1. The maximum absolute atomic E-state index is 11.6. The van der Waals surface area contributed by atoms with E-state index in [0.717, 1.165) is 12.8 Å². The summed E-state index contributed by atoms with van der Waals surface area (Å²) >= 11 is 0. The molecule has 0 bridgehead atoms. The van der Waals surface area contributed by atoms with Gasteiger partial charge in [0.1, 0.15) is 6.04 Å². The predicted molar refractivity (Wildman–Crippen MR) is 67.4 cm³/mol. The number of nitrogens with zero attached hydrogens (tertiary/aromatic N) is 2. The van der Waals surface area contributed by atoms with Crippen LogP contribution in [0.15, 0.2) is 24.3 Å². The van der Waals surface area contributed by atoms with Gasteiger partial charge >= 0.3 is 6.03 Å². The summed E-state index contributed by atoms with van der Waals surface area (Å²) in [6, 6.07) is 6.58. The number of nitrogens with one attached hydrogen (secondary N) is 2. The molecule has 0 heterocycles. The van der Waals surface area contributed by atoms with E-state index in [1.807, 2.05) is 6.07 Å². The Morgan fingerprint density at radius 3 is 2.53 bits per heavy atom. The topological polar surface area (TPSA) is 108 Å². The molecule has 1 aromatic carbocycles. The minimum absolute atomic E-state index is 0.0427. The molecule has 1 fully saturated rings. The Kier molecular flexibility index (Phi) is 3.61. The molecule has 1 unspecified atom stereocenters. The van der Waals surface area contributed by atoms with Crippen LogP contribution in [0, 0.1) is 27.4 Å². The lowest BCUT2D eigenvalue weighted by atomic mass is 10.2. The first-order chi connectivity index (χ1) is 9.10. The van der Waals surface area contributed by atoms with Crippen molar-refractivity contribution in [3.05, 3.63) is 34.4 Å². The van der Waals surface area contributed by atoms with Crippen LogP contribution in [0.4, 0.5) is 16.2 Å². The van der Waals surface area contributed by atoms with Gasteiger partial charge in [0.25, 0.3) is 5.69 Å². The monoisotopic (exact) mass is 260 g/mol. The van der Waals surface area contributed by atoms with Crippen molar-refractivity contribution in [3.8, 4) is 6.07 Å². The summed E-state index contributed by atoms with van der Waals surface area (Å²) < 4.78 is 0. The van der Waals surface area contributed by atoms with E-state index in [1.165, 1.54) is 24.3 Å². The third-order valence-electron chi connectivity index (χ3n) is 2.86. The highest BCUT2D eigenvalue weighted by molar-refractivity contribution is 5.89. The summed E-state index contributed by atoms with van der Waals surface area (Å²) in [5.41, 5.74) is 0.398. The molecule has 0 saturated heterocycles. The van der Waals surface area contributed by atoms with Gasteiger partial charge in [-0.05, 0) is 30.9 Å².